The Balaban J connectivity index is 1.55. The molecule has 0 aromatic heterocycles. The van der Waals surface area contributed by atoms with Gasteiger partial charge in [0.15, 0.2) is 0 Å². The van der Waals surface area contributed by atoms with Crippen LogP contribution in [0.3, 0.4) is 0 Å². The van der Waals surface area contributed by atoms with Crippen LogP contribution < -0.4 is 10.2 Å². The van der Waals surface area contributed by atoms with Gasteiger partial charge in [-0.25, -0.2) is 12.7 Å². The van der Waals surface area contributed by atoms with Crippen LogP contribution in [0.5, 0.6) is 0 Å². The lowest BCUT2D eigenvalue weighted by Gasteiger charge is -2.19. The highest BCUT2D eigenvalue weighted by atomic mass is 32.2. The molecule has 4 rings (SSSR count). The van der Waals surface area contributed by atoms with E-state index in [-0.39, 0.29) is 29.7 Å². The number of fused-ring (bicyclic) bond motifs is 1. The smallest absolute Gasteiger partial charge is 0.242 e. The lowest BCUT2D eigenvalue weighted by molar-refractivity contribution is -0.122. The molecule has 0 bridgehead atoms. The summed E-state index contributed by atoms with van der Waals surface area (Å²) in [6.07, 6.45) is 0.101. The number of anilines is 2. The monoisotopic (exact) mass is 451 g/mol. The lowest BCUT2D eigenvalue weighted by Crippen LogP contribution is -2.28. The molecule has 0 radical (unpaired) electrons. The number of sulfonamides is 1. The van der Waals surface area contributed by atoms with Gasteiger partial charge in [0.2, 0.25) is 21.8 Å². The molecule has 1 unspecified atom stereocenters. The number of hydrogen-bond acceptors (Lipinski definition) is 4. The Morgan fingerprint density at radius 2 is 1.78 bits per heavy atom. The van der Waals surface area contributed by atoms with Crippen molar-refractivity contribution in [2.75, 3.05) is 30.9 Å². The van der Waals surface area contributed by atoms with Crippen LogP contribution in [0.25, 0.3) is 10.8 Å². The molecule has 3 aromatic carbocycles. The summed E-state index contributed by atoms with van der Waals surface area (Å²) < 4.78 is 26.3. The van der Waals surface area contributed by atoms with Crippen LogP contribution in [0.4, 0.5) is 11.4 Å². The van der Waals surface area contributed by atoms with Gasteiger partial charge in [-0.2, -0.15) is 0 Å². The third-order valence-corrected chi connectivity index (χ3v) is 7.72. The van der Waals surface area contributed by atoms with Crippen molar-refractivity contribution >= 4 is 44.0 Å². The molecule has 1 fully saturated rings. The molecule has 1 N–H and O–H groups in total. The minimum absolute atomic E-state index is 0.101. The molecule has 1 aliphatic heterocycles. The van der Waals surface area contributed by atoms with E-state index in [0.717, 1.165) is 20.8 Å². The van der Waals surface area contributed by atoms with Crippen molar-refractivity contribution in [3.63, 3.8) is 0 Å². The highest BCUT2D eigenvalue weighted by Crippen LogP contribution is 2.32. The number of rotatable bonds is 5. The van der Waals surface area contributed by atoms with Gasteiger partial charge < -0.3 is 10.2 Å². The van der Waals surface area contributed by atoms with E-state index in [2.05, 4.69) is 5.32 Å². The second-order valence-corrected chi connectivity index (χ2v) is 10.3. The Hall–Kier alpha value is -3.23. The molecule has 2 amide bonds. The minimum atomic E-state index is -3.64. The zero-order chi connectivity index (χ0) is 23.0. The fraction of sp³-hybridized carbons (Fsp3) is 0.250. The highest BCUT2D eigenvalue weighted by molar-refractivity contribution is 7.89. The first-order valence-electron chi connectivity index (χ1n) is 10.3. The summed E-state index contributed by atoms with van der Waals surface area (Å²) in [4.78, 5) is 27.5. The summed E-state index contributed by atoms with van der Waals surface area (Å²) >= 11 is 0. The fourth-order valence-electron chi connectivity index (χ4n) is 3.96. The van der Waals surface area contributed by atoms with Crippen LogP contribution in [0.1, 0.15) is 12.0 Å². The van der Waals surface area contributed by atoms with Crippen molar-refractivity contribution in [1.82, 2.24) is 4.31 Å². The summed E-state index contributed by atoms with van der Waals surface area (Å²) in [5.74, 6) is -0.948. The van der Waals surface area contributed by atoms with Crippen LogP contribution in [0.15, 0.2) is 65.6 Å². The van der Waals surface area contributed by atoms with Crippen molar-refractivity contribution in [2.24, 2.45) is 5.92 Å². The van der Waals surface area contributed by atoms with Gasteiger partial charge in [0, 0.05) is 38.1 Å². The predicted molar refractivity (Wildman–Crippen MR) is 125 cm³/mol. The summed E-state index contributed by atoms with van der Waals surface area (Å²) in [5, 5.41) is 4.78. The van der Waals surface area contributed by atoms with Crippen molar-refractivity contribution in [1.29, 1.82) is 0 Å². The number of nitrogens with zero attached hydrogens (tertiary/aromatic N) is 2. The Bertz CT molecular complexity index is 1310. The Morgan fingerprint density at radius 3 is 2.53 bits per heavy atom. The molecular formula is C24H25N3O4S. The minimum Gasteiger partial charge on any atom is -0.326 e. The molecule has 7 nitrogen and oxygen atoms in total. The van der Waals surface area contributed by atoms with Gasteiger partial charge in [-0.15, -0.1) is 0 Å². The molecule has 8 heteroatoms. The number of amides is 2. The first kappa shape index (κ1) is 22.0. The van der Waals surface area contributed by atoms with Gasteiger partial charge >= 0.3 is 0 Å². The Morgan fingerprint density at radius 1 is 1.06 bits per heavy atom. The largest absolute Gasteiger partial charge is 0.326 e. The average Bonchev–Trinajstić information content (AvgIpc) is 3.16. The molecule has 1 atom stereocenters. The van der Waals surface area contributed by atoms with Crippen molar-refractivity contribution in [2.45, 2.75) is 18.2 Å². The molecule has 1 heterocycles. The van der Waals surface area contributed by atoms with Crippen molar-refractivity contribution in [3.8, 4) is 0 Å². The molecule has 32 heavy (non-hydrogen) atoms. The van der Waals surface area contributed by atoms with E-state index in [1.165, 1.54) is 20.2 Å². The molecule has 0 aliphatic carbocycles. The van der Waals surface area contributed by atoms with E-state index < -0.39 is 15.9 Å². The third kappa shape index (κ3) is 3.99. The highest BCUT2D eigenvalue weighted by Gasteiger charge is 2.36. The van der Waals surface area contributed by atoms with Gasteiger partial charge in [-0.05, 0) is 36.1 Å². The molecular weight excluding hydrogens is 426 g/mol. The van der Waals surface area contributed by atoms with Crippen LogP contribution in [0.2, 0.25) is 0 Å². The lowest BCUT2D eigenvalue weighted by atomic mass is 10.1. The summed E-state index contributed by atoms with van der Waals surface area (Å²) in [6.45, 7) is 1.98. The standard InChI is InChI=1S/C24H25N3O4S/c1-16-11-12-19(14-22(16)32(30,31)26(2)3)25-24(29)18-13-23(28)27(15-18)21-10-6-8-17-7-4-5-9-20(17)21/h4-12,14,18H,13,15H2,1-3H3,(H,25,29). The molecule has 0 spiro atoms. The van der Waals surface area contributed by atoms with Gasteiger partial charge in [0.1, 0.15) is 0 Å². The van der Waals surface area contributed by atoms with Crippen molar-refractivity contribution in [3.05, 3.63) is 66.2 Å². The van der Waals surface area contributed by atoms with E-state index >= 15 is 0 Å². The second-order valence-electron chi connectivity index (χ2n) is 8.16. The second kappa shape index (κ2) is 8.37. The van der Waals surface area contributed by atoms with Gasteiger partial charge in [0.25, 0.3) is 0 Å². The maximum absolute atomic E-state index is 12.9. The normalized spacial score (nSPS) is 16.7. The number of carbonyl (C=O) groups excluding carboxylic acids is 2. The van der Waals surface area contributed by atoms with Gasteiger partial charge in [-0.1, -0.05) is 42.5 Å². The number of nitrogens with one attached hydrogen (secondary N) is 1. The summed E-state index contributed by atoms with van der Waals surface area (Å²) in [5.41, 5.74) is 1.77. The van der Waals surface area contributed by atoms with Gasteiger partial charge in [-0.3, -0.25) is 9.59 Å². The number of hydrogen-bond donors (Lipinski definition) is 1. The van der Waals surface area contributed by atoms with Crippen LogP contribution in [0, 0.1) is 12.8 Å². The summed E-state index contributed by atoms with van der Waals surface area (Å²) in [7, 11) is -0.711. The van der Waals surface area contributed by atoms with E-state index in [4.69, 9.17) is 0 Å². The zero-order valence-corrected chi connectivity index (χ0v) is 19.0. The molecule has 1 aliphatic rings. The third-order valence-electron chi connectivity index (χ3n) is 5.77. The number of benzene rings is 3. The topological polar surface area (TPSA) is 86.8 Å². The first-order valence-corrected chi connectivity index (χ1v) is 11.7. The van der Waals surface area contributed by atoms with Crippen LogP contribution in [-0.4, -0.2) is 45.2 Å². The molecule has 166 valence electrons. The quantitative estimate of drug-likeness (QED) is 0.644. The Labute approximate surface area is 187 Å². The summed E-state index contributed by atoms with van der Waals surface area (Å²) in [6, 6.07) is 18.4. The number of carbonyl (C=O) groups is 2. The van der Waals surface area contributed by atoms with Gasteiger partial charge in [0.05, 0.1) is 16.5 Å². The Kier molecular flexibility index (Phi) is 5.75. The molecule has 3 aromatic rings. The molecule has 0 saturated carbocycles. The predicted octanol–water partition coefficient (Wildman–Crippen LogP) is 3.39. The van der Waals surface area contributed by atoms with Crippen LogP contribution >= 0.6 is 0 Å². The fourth-order valence-corrected chi connectivity index (χ4v) is 5.10. The zero-order valence-electron chi connectivity index (χ0n) is 18.2. The molecule has 1 saturated heterocycles. The average molecular weight is 452 g/mol. The van der Waals surface area contributed by atoms with E-state index in [1.807, 2.05) is 42.5 Å². The SMILES string of the molecule is Cc1ccc(NC(=O)C2CC(=O)N(c3cccc4ccccc34)C2)cc1S(=O)(=O)N(C)C. The van der Waals surface area contributed by atoms with E-state index in [9.17, 15) is 18.0 Å². The first-order chi connectivity index (χ1) is 15.2. The maximum atomic E-state index is 12.9. The van der Waals surface area contributed by atoms with Crippen LogP contribution in [-0.2, 0) is 19.6 Å². The van der Waals surface area contributed by atoms with Crippen molar-refractivity contribution < 1.29 is 18.0 Å². The number of aryl methyl sites for hydroxylation is 1. The van der Waals surface area contributed by atoms with E-state index in [1.54, 1.807) is 24.0 Å². The van der Waals surface area contributed by atoms with E-state index in [0.29, 0.717) is 11.3 Å². The maximum Gasteiger partial charge on any atom is 0.242 e.